The number of ether oxygens (including phenoxy) is 1. The Morgan fingerprint density at radius 2 is 2.45 bits per heavy atom. The molecule has 1 rings (SSSR count). The van der Waals surface area contributed by atoms with Crippen molar-refractivity contribution >= 4 is 0 Å². The van der Waals surface area contributed by atoms with Crippen molar-refractivity contribution in [3.63, 3.8) is 0 Å². The van der Waals surface area contributed by atoms with Crippen LogP contribution in [0.25, 0.3) is 0 Å². The lowest BCUT2D eigenvalue weighted by Gasteiger charge is -2.08. The minimum absolute atomic E-state index is 0.221. The van der Waals surface area contributed by atoms with Gasteiger partial charge in [-0.2, -0.15) is 0 Å². The lowest BCUT2D eigenvalue weighted by molar-refractivity contribution is 0.0526. The van der Waals surface area contributed by atoms with Crippen LogP contribution in [-0.2, 0) is 4.74 Å². The summed E-state index contributed by atoms with van der Waals surface area (Å²) in [4.78, 5) is 0. The number of hydrogen-bond donors (Lipinski definition) is 1. The molecule has 2 atom stereocenters. The summed E-state index contributed by atoms with van der Waals surface area (Å²) in [6.45, 7) is 6.20. The summed E-state index contributed by atoms with van der Waals surface area (Å²) in [5.41, 5.74) is 1.19. The molecule has 64 valence electrons. The van der Waals surface area contributed by atoms with E-state index >= 15 is 0 Å². The van der Waals surface area contributed by atoms with Gasteiger partial charge in [-0.15, -0.1) is 0 Å². The lowest BCUT2D eigenvalue weighted by atomic mass is 10.1. The summed E-state index contributed by atoms with van der Waals surface area (Å²) in [5, 5.41) is 8.58. The van der Waals surface area contributed by atoms with Gasteiger partial charge in [0.2, 0.25) is 0 Å². The van der Waals surface area contributed by atoms with Gasteiger partial charge in [0.1, 0.15) is 0 Å². The molecule has 1 saturated heterocycles. The van der Waals surface area contributed by atoms with Crippen molar-refractivity contribution in [2.24, 2.45) is 0 Å². The van der Waals surface area contributed by atoms with E-state index < -0.39 is 0 Å². The first-order valence-corrected chi connectivity index (χ1v) is 4.18. The Labute approximate surface area is 67.9 Å². The Balaban J connectivity index is 2.24. The van der Waals surface area contributed by atoms with Crippen molar-refractivity contribution in [3.8, 4) is 0 Å². The Hall–Kier alpha value is -0.340. The second-order valence-corrected chi connectivity index (χ2v) is 3.13. The van der Waals surface area contributed by atoms with Gasteiger partial charge in [-0.25, -0.2) is 0 Å². The Kier molecular flexibility index (Phi) is 3.09. The van der Waals surface area contributed by atoms with Crippen LogP contribution in [0.3, 0.4) is 0 Å². The summed E-state index contributed by atoms with van der Waals surface area (Å²) in [5.74, 6) is 0. The minimum Gasteiger partial charge on any atom is -0.396 e. The van der Waals surface area contributed by atoms with Gasteiger partial charge in [-0.05, 0) is 31.8 Å². The van der Waals surface area contributed by atoms with Crippen LogP contribution in [0.1, 0.15) is 26.2 Å². The maximum absolute atomic E-state index is 8.58. The molecule has 2 nitrogen and oxygen atoms in total. The smallest absolute Gasteiger partial charge is 0.0759 e. The van der Waals surface area contributed by atoms with Crippen LogP contribution < -0.4 is 0 Å². The molecule has 0 saturated carbocycles. The molecule has 0 spiro atoms. The summed E-state index contributed by atoms with van der Waals surface area (Å²) in [6, 6.07) is 0. The molecule has 0 aromatic rings. The predicted molar refractivity (Wildman–Crippen MR) is 44.4 cm³/mol. The Bertz CT molecular complexity index is 142. The number of aliphatic hydroxyl groups is 1. The second-order valence-electron chi connectivity index (χ2n) is 3.13. The standard InChI is InChI=1S/C9H16O2/c1-7-6-9(4-3-5-10)11-8(7)2/h8-10H,1,3-6H2,2H3/t8-,9-/m0/s1. The first-order chi connectivity index (χ1) is 5.24. The molecular weight excluding hydrogens is 140 g/mol. The monoisotopic (exact) mass is 156 g/mol. The maximum Gasteiger partial charge on any atom is 0.0759 e. The van der Waals surface area contributed by atoms with E-state index in [0.29, 0.717) is 6.10 Å². The average Bonchev–Trinajstić information content (AvgIpc) is 2.28. The average molecular weight is 156 g/mol. The van der Waals surface area contributed by atoms with Gasteiger partial charge in [0.15, 0.2) is 0 Å². The minimum atomic E-state index is 0.221. The highest BCUT2D eigenvalue weighted by molar-refractivity contribution is 5.07. The van der Waals surface area contributed by atoms with E-state index in [0.717, 1.165) is 19.3 Å². The highest BCUT2D eigenvalue weighted by Crippen LogP contribution is 2.26. The zero-order valence-corrected chi connectivity index (χ0v) is 7.05. The molecule has 0 radical (unpaired) electrons. The van der Waals surface area contributed by atoms with Crippen molar-refractivity contribution < 1.29 is 9.84 Å². The van der Waals surface area contributed by atoms with Crippen molar-refractivity contribution in [1.82, 2.24) is 0 Å². The van der Waals surface area contributed by atoms with E-state index in [1.807, 2.05) is 6.92 Å². The van der Waals surface area contributed by atoms with Crippen LogP contribution in [0.15, 0.2) is 12.2 Å². The Morgan fingerprint density at radius 1 is 1.73 bits per heavy atom. The predicted octanol–water partition coefficient (Wildman–Crippen LogP) is 1.49. The molecule has 0 aromatic carbocycles. The molecule has 0 amide bonds. The molecule has 0 aliphatic carbocycles. The van der Waals surface area contributed by atoms with E-state index in [2.05, 4.69) is 6.58 Å². The van der Waals surface area contributed by atoms with E-state index in [1.54, 1.807) is 0 Å². The fourth-order valence-electron chi connectivity index (χ4n) is 1.38. The van der Waals surface area contributed by atoms with E-state index in [9.17, 15) is 0 Å². The van der Waals surface area contributed by atoms with Gasteiger partial charge < -0.3 is 9.84 Å². The van der Waals surface area contributed by atoms with Crippen LogP contribution in [0.4, 0.5) is 0 Å². The van der Waals surface area contributed by atoms with Crippen LogP contribution >= 0.6 is 0 Å². The SMILES string of the molecule is C=C1C[C@H](CCCO)O[C@H]1C. The number of aliphatic hydroxyl groups excluding tert-OH is 1. The highest BCUT2D eigenvalue weighted by atomic mass is 16.5. The van der Waals surface area contributed by atoms with Crippen molar-refractivity contribution in [2.75, 3.05) is 6.61 Å². The topological polar surface area (TPSA) is 29.5 Å². The Morgan fingerprint density at radius 3 is 2.91 bits per heavy atom. The van der Waals surface area contributed by atoms with Gasteiger partial charge in [0.25, 0.3) is 0 Å². The van der Waals surface area contributed by atoms with Gasteiger partial charge in [-0.1, -0.05) is 6.58 Å². The van der Waals surface area contributed by atoms with E-state index in [-0.39, 0.29) is 12.7 Å². The summed E-state index contributed by atoms with van der Waals surface area (Å²) in [7, 11) is 0. The van der Waals surface area contributed by atoms with Crippen LogP contribution in [-0.4, -0.2) is 23.9 Å². The molecule has 1 heterocycles. The fourth-order valence-corrected chi connectivity index (χ4v) is 1.38. The van der Waals surface area contributed by atoms with Crippen molar-refractivity contribution in [3.05, 3.63) is 12.2 Å². The fraction of sp³-hybridized carbons (Fsp3) is 0.778. The van der Waals surface area contributed by atoms with Gasteiger partial charge in [0, 0.05) is 6.61 Å². The normalized spacial score (nSPS) is 31.3. The number of rotatable bonds is 3. The summed E-state index contributed by atoms with van der Waals surface area (Å²) in [6.07, 6.45) is 3.30. The largest absolute Gasteiger partial charge is 0.396 e. The van der Waals surface area contributed by atoms with Gasteiger partial charge in [0.05, 0.1) is 12.2 Å². The molecule has 1 aliphatic heterocycles. The molecule has 0 unspecified atom stereocenters. The first-order valence-electron chi connectivity index (χ1n) is 4.18. The molecule has 1 aliphatic rings. The van der Waals surface area contributed by atoms with Crippen LogP contribution in [0, 0.1) is 0 Å². The molecule has 11 heavy (non-hydrogen) atoms. The molecule has 0 aromatic heterocycles. The molecule has 2 heteroatoms. The zero-order chi connectivity index (χ0) is 8.27. The molecule has 0 bridgehead atoms. The van der Waals surface area contributed by atoms with Gasteiger partial charge >= 0.3 is 0 Å². The summed E-state index contributed by atoms with van der Waals surface area (Å²) < 4.78 is 5.56. The zero-order valence-electron chi connectivity index (χ0n) is 7.05. The van der Waals surface area contributed by atoms with E-state index in [4.69, 9.17) is 9.84 Å². The van der Waals surface area contributed by atoms with Crippen molar-refractivity contribution in [2.45, 2.75) is 38.4 Å². The highest BCUT2D eigenvalue weighted by Gasteiger charge is 2.24. The molecular formula is C9H16O2. The maximum atomic E-state index is 8.58. The lowest BCUT2D eigenvalue weighted by Crippen LogP contribution is -2.08. The third-order valence-corrected chi connectivity index (χ3v) is 2.15. The second kappa shape index (κ2) is 3.88. The third-order valence-electron chi connectivity index (χ3n) is 2.15. The van der Waals surface area contributed by atoms with Crippen molar-refractivity contribution in [1.29, 1.82) is 0 Å². The van der Waals surface area contributed by atoms with Crippen LogP contribution in [0.2, 0.25) is 0 Å². The molecule has 1 fully saturated rings. The molecule has 1 N–H and O–H groups in total. The first kappa shape index (κ1) is 8.75. The van der Waals surface area contributed by atoms with Crippen LogP contribution in [0.5, 0.6) is 0 Å². The third kappa shape index (κ3) is 2.31. The quantitative estimate of drug-likeness (QED) is 0.627. The van der Waals surface area contributed by atoms with E-state index in [1.165, 1.54) is 5.57 Å². The van der Waals surface area contributed by atoms with Gasteiger partial charge in [-0.3, -0.25) is 0 Å². The summed E-state index contributed by atoms with van der Waals surface area (Å²) >= 11 is 0. The number of hydrogen-bond acceptors (Lipinski definition) is 2.